The molecule has 0 N–H and O–H groups in total. The van der Waals surface area contributed by atoms with Crippen LogP contribution in [0.15, 0.2) is 95.9 Å². The minimum absolute atomic E-state index is 0.445. The second kappa shape index (κ2) is 17.8. The molecule has 0 aromatic heterocycles. The molecular weight excluding hydrogens is 437 g/mol. The third-order valence-electron chi connectivity index (χ3n) is 5.81. The monoisotopic (exact) mass is 481 g/mol. The smallest absolute Gasteiger partial charge is 0.00674 e. The molecule has 0 aliphatic carbocycles. The van der Waals surface area contributed by atoms with Crippen LogP contribution in [-0.4, -0.2) is 24.0 Å². The van der Waals surface area contributed by atoms with Crippen LogP contribution in [0.4, 0.5) is 0 Å². The Morgan fingerprint density at radius 3 is 2.33 bits per heavy atom. The molecule has 1 nitrogen and oxygen atoms in total. The van der Waals surface area contributed by atoms with E-state index in [1.807, 2.05) is 37.9 Å². The first-order chi connectivity index (χ1) is 16.0. The predicted molar refractivity (Wildman–Crippen MR) is 155 cm³/mol. The maximum absolute atomic E-state index is 4.29. The number of rotatable bonds is 9. The number of likely N-dealkylation sites (tertiary alicyclic amines) is 1. The van der Waals surface area contributed by atoms with E-state index < -0.39 is 0 Å². The summed E-state index contributed by atoms with van der Waals surface area (Å²) in [7, 11) is 0.674. The van der Waals surface area contributed by atoms with Gasteiger partial charge in [-0.15, -0.1) is 12.6 Å². The summed E-state index contributed by atoms with van der Waals surface area (Å²) in [5.74, 6) is 2.37. The molecule has 0 bridgehead atoms. The molecule has 180 valence electrons. The van der Waals surface area contributed by atoms with Crippen LogP contribution < -0.4 is 0 Å². The van der Waals surface area contributed by atoms with Gasteiger partial charge >= 0.3 is 0 Å². The number of hydrogen-bond donors (Lipinski definition) is 1. The van der Waals surface area contributed by atoms with E-state index >= 15 is 0 Å². The maximum atomic E-state index is 4.29. The van der Waals surface area contributed by atoms with Crippen molar-refractivity contribution in [2.24, 2.45) is 0 Å². The maximum Gasteiger partial charge on any atom is 0.00674 e. The summed E-state index contributed by atoms with van der Waals surface area (Å²) in [5, 5.41) is 1.18. The van der Waals surface area contributed by atoms with Crippen molar-refractivity contribution >= 4 is 21.2 Å². The van der Waals surface area contributed by atoms with E-state index in [2.05, 4.69) is 93.1 Å². The summed E-state index contributed by atoms with van der Waals surface area (Å²) in [6.45, 7) is 18.8. The highest BCUT2D eigenvalue weighted by atomic mass is 32.1. The standard InChI is InChI=1S/C14H24NP.C14H14S.C2H6/c1-4-16-14(3)10-6-5-7-11-15-12-8-9-13(15)2;1-11(12-5-3-2-4-6-12)13-7-9-14(15)10-8-13;1-2/h4,6,10,13,16H,1,3,5,7-9,11-12H2,2H3;2-11,15H,1H3;1-2H3/b10-6-;;. The van der Waals surface area contributed by atoms with Gasteiger partial charge in [0.25, 0.3) is 0 Å². The lowest BCUT2D eigenvalue weighted by Crippen LogP contribution is -2.27. The number of benzene rings is 2. The van der Waals surface area contributed by atoms with Crippen molar-refractivity contribution in [2.75, 3.05) is 13.1 Å². The minimum Gasteiger partial charge on any atom is -0.301 e. The quantitative estimate of drug-likeness (QED) is 0.162. The molecule has 1 heterocycles. The zero-order valence-corrected chi connectivity index (χ0v) is 23.0. The highest BCUT2D eigenvalue weighted by Crippen LogP contribution is 2.25. The summed E-state index contributed by atoms with van der Waals surface area (Å²) in [6, 6.07) is 19.7. The molecule has 3 atom stereocenters. The fraction of sp³-hybridized carbons (Fsp3) is 0.400. The third kappa shape index (κ3) is 11.9. The molecule has 3 heteroatoms. The largest absolute Gasteiger partial charge is 0.301 e. The molecule has 3 unspecified atom stereocenters. The number of nitrogens with zero attached hydrogens (tertiary/aromatic N) is 1. The molecule has 0 spiro atoms. The summed E-state index contributed by atoms with van der Waals surface area (Å²) in [6.07, 6.45) is 9.60. The molecule has 1 aliphatic heterocycles. The van der Waals surface area contributed by atoms with Crippen molar-refractivity contribution in [1.82, 2.24) is 4.90 Å². The number of unbranched alkanes of at least 4 members (excludes halogenated alkanes) is 1. The lowest BCUT2D eigenvalue weighted by molar-refractivity contribution is 0.266. The van der Waals surface area contributed by atoms with Crippen molar-refractivity contribution in [3.05, 3.63) is 102 Å². The van der Waals surface area contributed by atoms with Crippen molar-refractivity contribution in [3.63, 3.8) is 0 Å². The lowest BCUT2D eigenvalue weighted by Gasteiger charge is -2.20. The Labute approximate surface area is 211 Å². The molecule has 1 aliphatic rings. The van der Waals surface area contributed by atoms with Gasteiger partial charge in [-0.1, -0.05) is 103 Å². The van der Waals surface area contributed by atoms with E-state index in [1.54, 1.807) is 0 Å². The fourth-order valence-corrected chi connectivity index (χ4v) is 4.46. The fourth-order valence-electron chi connectivity index (χ4n) is 3.84. The van der Waals surface area contributed by atoms with Crippen molar-refractivity contribution in [1.29, 1.82) is 0 Å². The van der Waals surface area contributed by atoms with Gasteiger partial charge < -0.3 is 4.90 Å². The zero-order chi connectivity index (χ0) is 24.5. The molecule has 2 aromatic carbocycles. The summed E-state index contributed by atoms with van der Waals surface area (Å²) < 4.78 is 0. The van der Waals surface area contributed by atoms with Crippen molar-refractivity contribution < 1.29 is 0 Å². The van der Waals surface area contributed by atoms with Gasteiger partial charge in [-0.25, -0.2) is 0 Å². The summed E-state index contributed by atoms with van der Waals surface area (Å²) >= 11 is 4.29. The van der Waals surface area contributed by atoms with Crippen LogP contribution in [0, 0.1) is 0 Å². The predicted octanol–water partition coefficient (Wildman–Crippen LogP) is 9.30. The van der Waals surface area contributed by atoms with Crippen LogP contribution in [0.3, 0.4) is 0 Å². The highest BCUT2D eigenvalue weighted by Gasteiger charge is 2.18. The molecule has 33 heavy (non-hydrogen) atoms. The molecule has 3 rings (SSSR count). The highest BCUT2D eigenvalue weighted by molar-refractivity contribution is 7.80. The van der Waals surface area contributed by atoms with E-state index in [4.69, 9.17) is 0 Å². The second-order valence-corrected chi connectivity index (χ2v) is 10.0. The number of thiol groups is 1. The van der Waals surface area contributed by atoms with E-state index in [1.165, 1.54) is 55.2 Å². The van der Waals surface area contributed by atoms with Gasteiger partial charge in [0.2, 0.25) is 0 Å². The lowest BCUT2D eigenvalue weighted by atomic mass is 9.93. The van der Waals surface area contributed by atoms with Crippen LogP contribution >= 0.6 is 21.2 Å². The first-order valence-corrected chi connectivity index (χ1v) is 13.8. The Morgan fingerprint density at radius 1 is 1.12 bits per heavy atom. The molecule has 0 amide bonds. The van der Waals surface area contributed by atoms with Crippen molar-refractivity contribution in [2.45, 2.75) is 70.2 Å². The molecule has 0 saturated carbocycles. The van der Waals surface area contributed by atoms with Crippen LogP contribution in [0.25, 0.3) is 0 Å². The zero-order valence-electron chi connectivity index (χ0n) is 21.1. The van der Waals surface area contributed by atoms with Crippen LogP contribution in [0.5, 0.6) is 0 Å². The van der Waals surface area contributed by atoms with Gasteiger partial charge in [-0.05, 0) is 74.3 Å². The van der Waals surface area contributed by atoms with Gasteiger partial charge in [0.15, 0.2) is 0 Å². The van der Waals surface area contributed by atoms with Crippen LogP contribution in [0.1, 0.15) is 70.4 Å². The molecule has 1 saturated heterocycles. The van der Waals surface area contributed by atoms with Gasteiger partial charge in [-0.3, -0.25) is 0 Å². The third-order valence-corrected chi connectivity index (χ3v) is 6.85. The molecule has 1 fully saturated rings. The Kier molecular flexibility index (Phi) is 15.9. The minimum atomic E-state index is 0.445. The summed E-state index contributed by atoms with van der Waals surface area (Å²) in [5.41, 5.74) is 2.68. The Hall–Kier alpha value is -1.60. The Balaban J connectivity index is 0.000000307. The van der Waals surface area contributed by atoms with Gasteiger partial charge in [0, 0.05) is 16.9 Å². The number of hydrogen-bond acceptors (Lipinski definition) is 2. The molecular formula is C30H44NPS. The van der Waals surface area contributed by atoms with Gasteiger partial charge in [-0.2, -0.15) is 0 Å². The normalized spacial score (nSPS) is 16.7. The SMILES string of the molecule is C=CPC(=C)/C=C\CCCN1CCCC1C.CC.CC(c1ccccc1)c1ccc(S)cc1. The topological polar surface area (TPSA) is 3.24 Å². The van der Waals surface area contributed by atoms with E-state index in [0.29, 0.717) is 14.5 Å². The number of allylic oxidation sites excluding steroid dienone is 3. The Morgan fingerprint density at radius 2 is 1.76 bits per heavy atom. The van der Waals surface area contributed by atoms with E-state index in [0.717, 1.165) is 10.9 Å². The average molecular weight is 482 g/mol. The molecule has 2 aromatic rings. The second-order valence-electron chi connectivity index (χ2n) is 8.17. The Bertz CT molecular complexity index is 813. The first-order valence-electron chi connectivity index (χ1n) is 12.3. The van der Waals surface area contributed by atoms with Crippen LogP contribution in [-0.2, 0) is 0 Å². The van der Waals surface area contributed by atoms with Gasteiger partial charge in [0.1, 0.15) is 0 Å². The molecule has 0 radical (unpaired) electrons. The average Bonchev–Trinajstić information content (AvgIpc) is 3.26. The summed E-state index contributed by atoms with van der Waals surface area (Å²) in [4.78, 5) is 3.62. The van der Waals surface area contributed by atoms with E-state index in [9.17, 15) is 0 Å². The van der Waals surface area contributed by atoms with E-state index in [-0.39, 0.29) is 0 Å². The van der Waals surface area contributed by atoms with Crippen molar-refractivity contribution in [3.8, 4) is 0 Å². The first kappa shape index (κ1) is 29.4. The van der Waals surface area contributed by atoms with Gasteiger partial charge in [0.05, 0.1) is 0 Å². The van der Waals surface area contributed by atoms with Crippen LogP contribution in [0.2, 0.25) is 0 Å².